The highest BCUT2D eigenvalue weighted by Crippen LogP contribution is 2.41. The van der Waals surface area contributed by atoms with Crippen molar-refractivity contribution in [3.63, 3.8) is 0 Å². The van der Waals surface area contributed by atoms with Crippen molar-refractivity contribution in [2.75, 3.05) is 28.8 Å². The molecule has 3 aromatic carbocycles. The molecule has 0 fully saturated rings. The second-order valence-corrected chi connectivity index (χ2v) is 8.94. The molecule has 0 bridgehead atoms. The molecule has 3 aromatic rings. The van der Waals surface area contributed by atoms with Crippen LogP contribution in [0.2, 0.25) is 0 Å². The van der Waals surface area contributed by atoms with E-state index in [4.69, 9.17) is 4.74 Å². The van der Waals surface area contributed by atoms with Crippen LogP contribution in [0.1, 0.15) is 19.4 Å². The van der Waals surface area contributed by atoms with Crippen LogP contribution >= 0.6 is 0 Å². The smallest absolute Gasteiger partial charge is 0.327 e. The zero-order chi connectivity index (χ0) is 21.3. The molecule has 4 rings (SSSR count). The molecule has 0 saturated heterocycles. The van der Waals surface area contributed by atoms with Gasteiger partial charge in [0, 0.05) is 29.7 Å². The van der Waals surface area contributed by atoms with E-state index in [0.717, 1.165) is 34.0 Å². The summed E-state index contributed by atoms with van der Waals surface area (Å²) < 4.78 is 32.6. The molecule has 30 heavy (non-hydrogen) atoms. The van der Waals surface area contributed by atoms with Crippen LogP contribution < -0.4 is 9.21 Å². The molecule has 0 spiro atoms. The summed E-state index contributed by atoms with van der Waals surface area (Å²) >= 11 is 0. The van der Waals surface area contributed by atoms with Crippen molar-refractivity contribution < 1.29 is 17.9 Å². The van der Waals surface area contributed by atoms with E-state index in [2.05, 4.69) is 18.7 Å². The van der Waals surface area contributed by atoms with Crippen LogP contribution in [0.5, 0.6) is 0 Å². The molecule has 6 nitrogen and oxygen atoms in total. The Kier molecular flexibility index (Phi) is 5.39. The molecule has 1 heterocycles. The Morgan fingerprint density at radius 1 is 0.967 bits per heavy atom. The minimum atomic E-state index is -3.78. The van der Waals surface area contributed by atoms with Gasteiger partial charge < -0.3 is 9.64 Å². The van der Waals surface area contributed by atoms with Gasteiger partial charge in [0.25, 0.3) is 10.0 Å². The Balaban J connectivity index is 1.53. The molecule has 0 atom stereocenters. The van der Waals surface area contributed by atoms with Gasteiger partial charge in [-0.3, -0.25) is 9.10 Å². The minimum Gasteiger partial charge on any atom is -0.459 e. The summed E-state index contributed by atoms with van der Waals surface area (Å²) in [4.78, 5) is 15.0. The lowest BCUT2D eigenvalue weighted by molar-refractivity contribution is -0.143. The van der Waals surface area contributed by atoms with Gasteiger partial charge in [-0.05, 0) is 37.4 Å². The molecule has 0 N–H and O–H groups in total. The van der Waals surface area contributed by atoms with Crippen LogP contribution in [0.3, 0.4) is 0 Å². The fraction of sp³-hybridized carbons (Fsp3) is 0.261. The molecule has 1 aliphatic rings. The molecular weight excluding hydrogens is 400 g/mol. The van der Waals surface area contributed by atoms with Gasteiger partial charge in [0.1, 0.15) is 13.2 Å². The summed E-state index contributed by atoms with van der Waals surface area (Å²) in [6, 6.07) is 18.3. The number of hydrogen-bond donors (Lipinski definition) is 0. The normalized spacial score (nSPS) is 14.1. The average molecular weight is 425 g/mol. The second-order valence-electron chi connectivity index (χ2n) is 7.10. The van der Waals surface area contributed by atoms with E-state index < -0.39 is 16.0 Å². The first-order valence-electron chi connectivity index (χ1n) is 10.00. The fourth-order valence-electron chi connectivity index (χ4n) is 3.96. The molecule has 0 unspecified atom stereocenters. The number of nitrogens with zero attached hydrogens (tertiary/aromatic N) is 2. The number of rotatable bonds is 7. The van der Waals surface area contributed by atoms with Crippen molar-refractivity contribution in [1.82, 2.24) is 0 Å². The first kappa shape index (κ1) is 20.2. The lowest BCUT2D eigenvalue weighted by atomic mass is 10.1. The van der Waals surface area contributed by atoms with Gasteiger partial charge in [0.05, 0.1) is 10.6 Å². The zero-order valence-corrected chi connectivity index (χ0v) is 17.9. The van der Waals surface area contributed by atoms with Gasteiger partial charge in [-0.15, -0.1) is 0 Å². The Labute approximate surface area is 176 Å². The SMILES string of the molecule is CCN(CC)c1ccccc1COC(=O)CN1c2cccc3cccc(c23)S1(=O)=O. The maximum atomic E-state index is 13.0. The molecular formula is C23H24N2O4S. The number of para-hydroxylation sites is 1. The van der Waals surface area contributed by atoms with Crippen molar-refractivity contribution in [3.8, 4) is 0 Å². The van der Waals surface area contributed by atoms with E-state index in [0.29, 0.717) is 11.1 Å². The zero-order valence-electron chi connectivity index (χ0n) is 17.0. The minimum absolute atomic E-state index is 0.0938. The number of hydrogen-bond acceptors (Lipinski definition) is 5. The summed E-state index contributed by atoms with van der Waals surface area (Å²) in [5.74, 6) is -0.585. The highest BCUT2D eigenvalue weighted by molar-refractivity contribution is 7.93. The van der Waals surface area contributed by atoms with Gasteiger partial charge in [0.15, 0.2) is 0 Å². The third kappa shape index (κ3) is 3.39. The quantitative estimate of drug-likeness (QED) is 0.538. The maximum absolute atomic E-state index is 13.0. The summed E-state index contributed by atoms with van der Waals surface area (Å²) in [5, 5.41) is 1.48. The Morgan fingerprint density at radius 3 is 2.40 bits per heavy atom. The van der Waals surface area contributed by atoms with Crippen LogP contribution in [0.25, 0.3) is 10.8 Å². The number of sulfonamides is 1. The van der Waals surface area contributed by atoms with Gasteiger partial charge in [-0.25, -0.2) is 8.42 Å². The molecule has 0 radical (unpaired) electrons. The Morgan fingerprint density at radius 2 is 1.67 bits per heavy atom. The van der Waals surface area contributed by atoms with E-state index in [1.807, 2.05) is 36.4 Å². The van der Waals surface area contributed by atoms with Gasteiger partial charge in [0.2, 0.25) is 0 Å². The Bertz CT molecular complexity index is 1200. The number of esters is 1. The number of carbonyl (C=O) groups is 1. The third-order valence-corrected chi connectivity index (χ3v) is 7.24. The lowest BCUT2D eigenvalue weighted by Crippen LogP contribution is -2.33. The topological polar surface area (TPSA) is 66.9 Å². The first-order valence-corrected chi connectivity index (χ1v) is 11.4. The maximum Gasteiger partial charge on any atom is 0.327 e. The fourth-order valence-corrected chi connectivity index (χ4v) is 5.61. The highest BCUT2D eigenvalue weighted by atomic mass is 32.2. The van der Waals surface area contributed by atoms with Gasteiger partial charge in [-0.1, -0.05) is 42.5 Å². The molecule has 0 amide bonds. The highest BCUT2D eigenvalue weighted by Gasteiger charge is 2.37. The average Bonchev–Trinajstić information content (AvgIpc) is 2.97. The van der Waals surface area contributed by atoms with Crippen molar-refractivity contribution in [2.45, 2.75) is 25.3 Å². The van der Waals surface area contributed by atoms with Crippen molar-refractivity contribution in [3.05, 3.63) is 66.2 Å². The summed E-state index contributed by atoms with van der Waals surface area (Å²) in [6.07, 6.45) is 0. The van der Waals surface area contributed by atoms with E-state index in [-0.39, 0.29) is 18.0 Å². The first-order chi connectivity index (χ1) is 14.5. The summed E-state index contributed by atoms with van der Waals surface area (Å²) in [6.45, 7) is 5.57. The van der Waals surface area contributed by atoms with Crippen LogP contribution in [-0.4, -0.2) is 34.0 Å². The largest absolute Gasteiger partial charge is 0.459 e. The van der Waals surface area contributed by atoms with E-state index >= 15 is 0 Å². The van der Waals surface area contributed by atoms with Crippen LogP contribution in [0.4, 0.5) is 11.4 Å². The number of benzene rings is 3. The van der Waals surface area contributed by atoms with Crippen molar-refractivity contribution in [1.29, 1.82) is 0 Å². The molecule has 0 aromatic heterocycles. The summed E-state index contributed by atoms with van der Waals surface area (Å²) in [7, 11) is -3.78. The number of ether oxygens (including phenoxy) is 1. The summed E-state index contributed by atoms with van der Waals surface area (Å²) in [5.41, 5.74) is 2.43. The van der Waals surface area contributed by atoms with Gasteiger partial charge >= 0.3 is 5.97 Å². The van der Waals surface area contributed by atoms with E-state index in [9.17, 15) is 13.2 Å². The molecule has 7 heteroatoms. The monoisotopic (exact) mass is 424 g/mol. The van der Waals surface area contributed by atoms with Crippen molar-refractivity contribution in [2.24, 2.45) is 0 Å². The Hall–Kier alpha value is -3.06. The predicted molar refractivity (Wildman–Crippen MR) is 118 cm³/mol. The predicted octanol–water partition coefficient (Wildman–Crippen LogP) is 3.94. The molecule has 156 valence electrons. The third-order valence-electron chi connectivity index (χ3n) is 5.44. The van der Waals surface area contributed by atoms with Crippen LogP contribution in [0.15, 0.2) is 65.6 Å². The number of carbonyl (C=O) groups excluding carboxylic acids is 1. The second kappa shape index (κ2) is 7.99. The van der Waals surface area contributed by atoms with Crippen LogP contribution in [-0.2, 0) is 26.2 Å². The van der Waals surface area contributed by atoms with E-state index in [1.165, 1.54) is 0 Å². The standard InChI is InChI=1S/C23H24N2O4S/c1-3-24(4-2)19-12-6-5-9-18(19)16-29-22(26)15-25-20-13-7-10-17-11-8-14-21(23(17)20)30(25,27)28/h5-14H,3-4,15-16H2,1-2H3. The molecule has 0 aliphatic carbocycles. The molecule has 1 aliphatic heterocycles. The lowest BCUT2D eigenvalue weighted by Gasteiger charge is -2.24. The van der Waals surface area contributed by atoms with Gasteiger partial charge in [-0.2, -0.15) is 0 Å². The van der Waals surface area contributed by atoms with E-state index in [1.54, 1.807) is 24.3 Å². The van der Waals surface area contributed by atoms with Crippen molar-refractivity contribution >= 4 is 38.1 Å². The van der Waals surface area contributed by atoms with Crippen LogP contribution in [0, 0.1) is 0 Å². The molecule has 0 saturated carbocycles. The number of anilines is 2.